The summed E-state index contributed by atoms with van der Waals surface area (Å²) in [5.74, 6) is 1.81. The van der Waals surface area contributed by atoms with Crippen LogP contribution in [0.4, 0.5) is 11.5 Å². The average Bonchev–Trinajstić information content (AvgIpc) is 3.15. The monoisotopic (exact) mass is 455 g/mol. The van der Waals surface area contributed by atoms with E-state index >= 15 is 0 Å². The summed E-state index contributed by atoms with van der Waals surface area (Å²) in [4.78, 5) is 32.9. The van der Waals surface area contributed by atoms with Gasteiger partial charge in [0.05, 0.1) is 18.1 Å². The highest BCUT2D eigenvalue weighted by Crippen LogP contribution is 2.24. The molecule has 1 aromatic carbocycles. The lowest BCUT2D eigenvalue weighted by Crippen LogP contribution is -2.27. The van der Waals surface area contributed by atoms with E-state index < -0.39 is 0 Å². The van der Waals surface area contributed by atoms with E-state index in [4.69, 9.17) is 0 Å². The van der Waals surface area contributed by atoms with Gasteiger partial charge in [0.15, 0.2) is 10.8 Å². The van der Waals surface area contributed by atoms with Crippen LogP contribution in [0.1, 0.15) is 38.1 Å². The van der Waals surface area contributed by atoms with Gasteiger partial charge < -0.3 is 16.0 Å². The lowest BCUT2D eigenvalue weighted by atomic mass is 10.2. The first kappa shape index (κ1) is 23.5. The molecule has 9 nitrogen and oxygen atoms in total. The quantitative estimate of drug-likeness (QED) is 0.317. The molecule has 3 N–H and O–H groups in total. The first-order valence-corrected chi connectivity index (χ1v) is 11.6. The molecular weight excluding hydrogens is 426 g/mol. The smallest absolute Gasteiger partial charge is 0.251 e. The van der Waals surface area contributed by atoms with E-state index in [1.807, 2.05) is 0 Å². The maximum absolute atomic E-state index is 12.4. The number of nitrogens with zero attached hydrogens (tertiary/aromatic N) is 4. The number of benzene rings is 1. The Bertz CT molecular complexity index is 1080. The number of amides is 2. The fourth-order valence-electron chi connectivity index (χ4n) is 3.01. The number of nitrogens with one attached hydrogen (secondary N) is 3. The van der Waals surface area contributed by atoms with Crippen molar-refractivity contribution in [3.63, 3.8) is 0 Å². The number of hydrogen-bond acceptors (Lipinski definition) is 7. The van der Waals surface area contributed by atoms with Crippen LogP contribution in [0, 0.1) is 5.92 Å². The molecule has 2 amide bonds. The van der Waals surface area contributed by atoms with Gasteiger partial charge in [-0.25, -0.2) is 14.6 Å². The predicted molar refractivity (Wildman–Crippen MR) is 128 cm³/mol. The zero-order valence-corrected chi connectivity index (χ0v) is 19.6. The molecule has 0 bridgehead atoms. The Labute approximate surface area is 191 Å². The molecule has 2 aromatic heterocycles. The third-order valence-corrected chi connectivity index (χ3v) is 5.23. The van der Waals surface area contributed by atoms with E-state index in [1.54, 1.807) is 46.9 Å². The predicted octanol–water partition coefficient (Wildman–Crippen LogP) is 3.39. The Kier molecular flexibility index (Phi) is 8.04. The van der Waals surface area contributed by atoms with Gasteiger partial charge in [0.1, 0.15) is 5.82 Å². The molecule has 3 aromatic rings. The van der Waals surface area contributed by atoms with Crippen molar-refractivity contribution < 1.29 is 9.59 Å². The lowest BCUT2D eigenvalue weighted by Gasteiger charge is -2.11. The molecule has 0 saturated heterocycles. The van der Waals surface area contributed by atoms with E-state index in [2.05, 4.69) is 51.8 Å². The Balaban J connectivity index is 1.67. The van der Waals surface area contributed by atoms with Crippen LogP contribution < -0.4 is 16.0 Å². The Hall–Kier alpha value is -3.14. The maximum atomic E-state index is 12.4. The van der Waals surface area contributed by atoms with E-state index in [0.29, 0.717) is 35.4 Å². The van der Waals surface area contributed by atoms with Crippen molar-refractivity contribution in [2.75, 3.05) is 29.5 Å². The third-order valence-electron chi connectivity index (χ3n) is 4.50. The minimum Gasteiger partial charge on any atom is -0.369 e. The van der Waals surface area contributed by atoms with Crippen LogP contribution in [-0.4, -0.2) is 50.4 Å². The summed E-state index contributed by atoms with van der Waals surface area (Å²) < 4.78 is 1.79. The van der Waals surface area contributed by atoms with Gasteiger partial charge in [-0.05, 0) is 35.9 Å². The Morgan fingerprint density at radius 1 is 1.16 bits per heavy atom. The van der Waals surface area contributed by atoms with Crippen molar-refractivity contribution in [3.8, 4) is 0 Å². The number of hydrogen-bond donors (Lipinski definition) is 3. The summed E-state index contributed by atoms with van der Waals surface area (Å²) in [6.45, 7) is 9.49. The number of carbonyl (C=O) groups is 2. The molecule has 32 heavy (non-hydrogen) atoms. The first-order valence-electron chi connectivity index (χ1n) is 10.6. The number of thioether (sulfide) groups is 1. The van der Waals surface area contributed by atoms with Crippen LogP contribution in [0.3, 0.4) is 0 Å². The van der Waals surface area contributed by atoms with Gasteiger partial charge in [-0.15, -0.1) is 0 Å². The van der Waals surface area contributed by atoms with Gasteiger partial charge in [0.2, 0.25) is 5.91 Å². The van der Waals surface area contributed by atoms with Gasteiger partial charge in [-0.1, -0.05) is 32.5 Å². The number of anilines is 2. The summed E-state index contributed by atoms with van der Waals surface area (Å²) in [6.07, 6.45) is 1.76. The van der Waals surface area contributed by atoms with Crippen LogP contribution in [-0.2, 0) is 11.3 Å². The zero-order chi connectivity index (χ0) is 23.1. The van der Waals surface area contributed by atoms with E-state index in [1.165, 1.54) is 6.92 Å². The SMILES string of the molecule is CCSc1nc(NCC(C)C)c2cnn(CCNC(=O)c3ccc(NC(C)=O)cc3)c2n1. The molecule has 10 heteroatoms. The van der Waals surface area contributed by atoms with Crippen molar-refractivity contribution in [1.29, 1.82) is 0 Å². The summed E-state index contributed by atoms with van der Waals surface area (Å²) in [5, 5.41) is 15.0. The van der Waals surface area contributed by atoms with Gasteiger partial charge in [0, 0.05) is 31.3 Å². The van der Waals surface area contributed by atoms with Crippen molar-refractivity contribution in [1.82, 2.24) is 25.1 Å². The number of aromatic nitrogens is 4. The van der Waals surface area contributed by atoms with Crippen LogP contribution in [0.5, 0.6) is 0 Å². The third kappa shape index (κ3) is 6.19. The fraction of sp³-hybridized carbons (Fsp3) is 0.409. The number of fused-ring (bicyclic) bond motifs is 1. The molecule has 0 fully saturated rings. The van der Waals surface area contributed by atoms with E-state index in [-0.39, 0.29) is 11.8 Å². The molecule has 0 spiro atoms. The van der Waals surface area contributed by atoms with Crippen molar-refractivity contribution in [3.05, 3.63) is 36.0 Å². The van der Waals surface area contributed by atoms with Gasteiger partial charge >= 0.3 is 0 Å². The largest absolute Gasteiger partial charge is 0.369 e. The second kappa shape index (κ2) is 10.9. The Morgan fingerprint density at radius 2 is 1.91 bits per heavy atom. The topological polar surface area (TPSA) is 114 Å². The first-order chi connectivity index (χ1) is 15.4. The minimum atomic E-state index is -0.188. The van der Waals surface area contributed by atoms with Crippen molar-refractivity contribution >= 4 is 46.1 Å². The zero-order valence-electron chi connectivity index (χ0n) is 18.8. The van der Waals surface area contributed by atoms with Crippen LogP contribution in [0.2, 0.25) is 0 Å². The summed E-state index contributed by atoms with van der Waals surface area (Å²) in [6, 6.07) is 6.76. The molecule has 0 aliphatic rings. The van der Waals surface area contributed by atoms with Crippen LogP contribution in [0.25, 0.3) is 11.0 Å². The Morgan fingerprint density at radius 3 is 2.56 bits per heavy atom. The van der Waals surface area contributed by atoms with E-state index in [9.17, 15) is 9.59 Å². The normalized spacial score (nSPS) is 11.0. The highest BCUT2D eigenvalue weighted by molar-refractivity contribution is 7.99. The fourth-order valence-corrected chi connectivity index (χ4v) is 3.58. The lowest BCUT2D eigenvalue weighted by molar-refractivity contribution is -0.114. The average molecular weight is 456 g/mol. The highest BCUT2D eigenvalue weighted by atomic mass is 32.2. The van der Waals surface area contributed by atoms with Crippen molar-refractivity contribution in [2.45, 2.75) is 39.4 Å². The van der Waals surface area contributed by atoms with E-state index in [0.717, 1.165) is 29.1 Å². The second-order valence-corrected chi connectivity index (χ2v) is 8.91. The number of carbonyl (C=O) groups excluding carboxylic acids is 2. The molecular formula is C22H29N7O2S. The maximum Gasteiger partial charge on any atom is 0.251 e. The van der Waals surface area contributed by atoms with Gasteiger partial charge in [-0.2, -0.15) is 5.10 Å². The molecule has 2 heterocycles. The standard InChI is InChI=1S/C22H29N7O2S/c1-5-32-22-27-19(24-12-14(2)3)18-13-25-29(20(18)28-22)11-10-23-21(31)16-6-8-17(9-7-16)26-15(4)30/h6-9,13-14H,5,10-12H2,1-4H3,(H,23,31)(H,26,30)(H,24,27,28). The number of rotatable bonds is 10. The highest BCUT2D eigenvalue weighted by Gasteiger charge is 2.14. The molecule has 0 atom stereocenters. The summed E-state index contributed by atoms with van der Waals surface area (Å²) >= 11 is 1.58. The summed E-state index contributed by atoms with van der Waals surface area (Å²) in [7, 11) is 0. The summed E-state index contributed by atoms with van der Waals surface area (Å²) in [5.41, 5.74) is 1.92. The van der Waals surface area contributed by atoms with Crippen molar-refractivity contribution in [2.24, 2.45) is 5.92 Å². The van der Waals surface area contributed by atoms with Crippen LogP contribution in [0.15, 0.2) is 35.6 Å². The van der Waals surface area contributed by atoms with Crippen LogP contribution >= 0.6 is 11.8 Å². The molecule has 0 aliphatic carbocycles. The minimum absolute atomic E-state index is 0.152. The van der Waals surface area contributed by atoms with Gasteiger partial charge in [-0.3, -0.25) is 9.59 Å². The second-order valence-electron chi connectivity index (χ2n) is 7.68. The molecule has 170 valence electrons. The molecule has 0 aliphatic heterocycles. The molecule has 0 unspecified atom stereocenters. The molecule has 0 saturated carbocycles. The molecule has 3 rings (SSSR count). The van der Waals surface area contributed by atoms with Gasteiger partial charge in [0.25, 0.3) is 5.91 Å². The molecule has 0 radical (unpaired) electrons.